The number of benzene rings is 1. The zero-order valence-electron chi connectivity index (χ0n) is 12.2. The van der Waals surface area contributed by atoms with Crippen LogP contribution >= 0.6 is 0 Å². The van der Waals surface area contributed by atoms with Crippen LogP contribution in [0, 0.1) is 5.92 Å². The zero-order valence-corrected chi connectivity index (χ0v) is 12.2. The van der Waals surface area contributed by atoms with E-state index < -0.39 is 0 Å². The first-order chi connectivity index (χ1) is 8.61. The number of rotatable bonds is 7. The molecule has 18 heavy (non-hydrogen) atoms. The largest absolute Gasteiger partial charge is 0.310 e. The molecule has 0 radical (unpaired) electrons. The summed E-state index contributed by atoms with van der Waals surface area (Å²) in [5, 5.41) is 3.60. The van der Waals surface area contributed by atoms with E-state index >= 15 is 0 Å². The first-order valence-corrected chi connectivity index (χ1v) is 7.05. The molecule has 1 rings (SSSR count). The molecule has 0 amide bonds. The summed E-state index contributed by atoms with van der Waals surface area (Å²) in [6.45, 7) is 14.1. The van der Waals surface area contributed by atoms with Crippen LogP contribution in [0.1, 0.15) is 45.6 Å². The van der Waals surface area contributed by atoms with Gasteiger partial charge in [0.25, 0.3) is 0 Å². The summed E-state index contributed by atoms with van der Waals surface area (Å²) < 4.78 is 0. The predicted molar refractivity (Wildman–Crippen MR) is 80.9 cm³/mol. The van der Waals surface area contributed by atoms with Crippen LogP contribution in [-0.4, -0.2) is 12.6 Å². The van der Waals surface area contributed by atoms with Gasteiger partial charge in [-0.25, -0.2) is 0 Å². The molecule has 1 N–H and O–H groups in total. The average Bonchev–Trinajstić information content (AvgIpc) is 2.39. The summed E-state index contributed by atoms with van der Waals surface area (Å²) in [6, 6.07) is 11.2. The number of hydrogen-bond donors (Lipinski definition) is 1. The molecule has 0 bridgehead atoms. The molecule has 1 aromatic rings. The van der Waals surface area contributed by atoms with Crippen molar-refractivity contribution in [3.8, 4) is 0 Å². The van der Waals surface area contributed by atoms with Gasteiger partial charge in [0.2, 0.25) is 0 Å². The van der Waals surface area contributed by atoms with Gasteiger partial charge in [0.05, 0.1) is 0 Å². The number of nitrogens with one attached hydrogen (secondary N) is 1. The fraction of sp³-hybridized carbons (Fsp3) is 0.529. The number of likely N-dealkylation sites (N-methyl/N-ethyl adjacent to an activating group) is 1. The molecule has 3 unspecified atom stereocenters. The van der Waals surface area contributed by atoms with Gasteiger partial charge >= 0.3 is 0 Å². The van der Waals surface area contributed by atoms with Crippen LogP contribution in [0.2, 0.25) is 0 Å². The van der Waals surface area contributed by atoms with Gasteiger partial charge in [-0.3, -0.25) is 0 Å². The van der Waals surface area contributed by atoms with Gasteiger partial charge in [0.1, 0.15) is 0 Å². The first-order valence-electron chi connectivity index (χ1n) is 7.05. The van der Waals surface area contributed by atoms with Crippen molar-refractivity contribution in [2.24, 2.45) is 5.92 Å². The Balaban J connectivity index is 3.07. The molecule has 1 aromatic carbocycles. The van der Waals surface area contributed by atoms with E-state index in [9.17, 15) is 0 Å². The highest BCUT2D eigenvalue weighted by Gasteiger charge is 2.27. The van der Waals surface area contributed by atoms with Crippen LogP contribution in [0.15, 0.2) is 42.5 Å². The minimum Gasteiger partial charge on any atom is -0.310 e. The Morgan fingerprint density at radius 1 is 1.22 bits per heavy atom. The predicted octanol–water partition coefficient (Wildman–Crippen LogP) is 4.37. The van der Waals surface area contributed by atoms with Gasteiger partial charge in [-0.2, -0.15) is 0 Å². The lowest BCUT2D eigenvalue weighted by molar-refractivity contribution is 0.367. The Morgan fingerprint density at radius 2 is 1.83 bits per heavy atom. The second-order valence-corrected chi connectivity index (χ2v) is 5.20. The smallest absolute Gasteiger partial charge is 0.0345 e. The van der Waals surface area contributed by atoms with Gasteiger partial charge < -0.3 is 5.32 Å². The molecule has 0 aromatic heterocycles. The second-order valence-electron chi connectivity index (χ2n) is 5.20. The quantitative estimate of drug-likeness (QED) is 0.703. The third-order valence-corrected chi connectivity index (χ3v) is 3.76. The minimum absolute atomic E-state index is 0.368. The van der Waals surface area contributed by atoms with E-state index in [1.807, 2.05) is 0 Å². The lowest BCUT2D eigenvalue weighted by Crippen LogP contribution is -2.38. The monoisotopic (exact) mass is 245 g/mol. The second kappa shape index (κ2) is 7.38. The summed E-state index contributed by atoms with van der Waals surface area (Å²) in [7, 11) is 0. The van der Waals surface area contributed by atoms with Gasteiger partial charge in [0, 0.05) is 12.0 Å². The van der Waals surface area contributed by atoms with Crippen LogP contribution in [-0.2, 0) is 0 Å². The van der Waals surface area contributed by atoms with Crippen LogP contribution in [0.5, 0.6) is 0 Å². The van der Waals surface area contributed by atoms with Crippen LogP contribution < -0.4 is 5.32 Å². The van der Waals surface area contributed by atoms with Crippen molar-refractivity contribution in [2.75, 3.05) is 6.54 Å². The van der Waals surface area contributed by atoms with Crippen molar-refractivity contribution < 1.29 is 0 Å². The van der Waals surface area contributed by atoms with Crippen molar-refractivity contribution in [3.63, 3.8) is 0 Å². The highest BCUT2D eigenvalue weighted by molar-refractivity contribution is 5.26. The Labute approximate surface area is 112 Å². The fourth-order valence-electron chi connectivity index (χ4n) is 2.61. The van der Waals surface area contributed by atoms with Crippen molar-refractivity contribution >= 4 is 0 Å². The summed E-state index contributed by atoms with van der Waals surface area (Å²) >= 11 is 0. The summed E-state index contributed by atoms with van der Waals surface area (Å²) in [5.41, 5.74) is 2.65. The normalized spacial score (nSPS) is 16.0. The van der Waals surface area contributed by atoms with Gasteiger partial charge in [-0.1, -0.05) is 69.7 Å². The van der Waals surface area contributed by atoms with Gasteiger partial charge in [-0.15, -0.1) is 0 Å². The molecule has 0 aliphatic heterocycles. The molecule has 100 valence electrons. The summed E-state index contributed by atoms with van der Waals surface area (Å²) in [5.74, 6) is 1.15. The van der Waals surface area contributed by atoms with E-state index in [-0.39, 0.29) is 0 Å². The first kappa shape index (κ1) is 15.0. The van der Waals surface area contributed by atoms with E-state index in [0.717, 1.165) is 6.54 Å². The van der Waals surface area contributed by atoms with Crippen LogP contribution in [0.25, 0.3) is 0 Å². The van der Waals surface area contributed by atoms with E-state index in [4.69, 9.17) is 0 Å². The Kier molecular flexibility index (Phi) is 6.14. The minimum atomic E-state index is 0.368. The molecular formula is C17H27N. The molecule has 0 saturated carbocycles. The van der Waals surface area contributed by atoms with E-state index in [0.29, 0.717) is 17.9 Å². The molecule has 0 aliphatic rings. The van der Waals surface area contributed by atoms with Crippen molar-refractivity contribution in [1.29, 1.82) is 0 Å². The third-order valence-electron chi connectivity index (χ3n) is 3.76. The SMILES string of the molecule is C=C(C)C(NCC)C(c1ccccc1)C(C)CC. The highest BCUT2D eigenvalue weighted by Crippen LogP contribution is 2.32. The Bertz CT molecular complexity index is 355. The van der Waals surface area contributed by atoms with Crippen LogP contribution in [0.4, 0.5) is 0 Å². The van der Waals surface area contributed by atoms with Crippen molar-refractivity contribution in [3.05, 3.63) is 48.0 Å². The standard InChI is InChI=1S/C17H27N/c1-6-14(5)16(15-11-9-8-10-12-15)17(13(3)4)18-7-2/h8-12,14,16-18H,3,6-7H2,1-2,4-5H3. The maximum absolute atomic E-state index is 4.17. The van der Waals surface area contributed by atoms with Crippen molar-refractivity contribution in [2.45, 2.75) is 46.1 Å². The number of hydrogen-bond acceptors (Lipinski definition) is 1. The highest BCUT2D eigenvalue weighted by atomic mass is 14.9. The van der Waals surface area contributed by atoms with Gasteiger partial charge in [-0.05, 0) is 24.9 Å². The zero-order chi connectivity index (χ0) is 13.5. The molecular weight excluding hydrogens is 218 g/mol. The average molecular weight is 245 g/mol. The molecule has 0 fully saturated rings. The van der Waals surface area contributed by atoms with E-state index in [2.05, 4.69) is 69.9 Å². The third kappa shape index (κ3) is 3.71. The maximum Gasteiger partial charge on any atom is 0.0345 e. The lowest BCUT2D eigenvalue weighted by atomic mass is 9.78. The van der Waals surface area contributed by atoms with Gasteiger partial charge in [0.15, 0.2) is 0 Å². The van der Waals surface area contributed by atoms with E-state index in [1.165, 1.54) is 17.6 Å². The molecule has 0 heterocycles. The molecule has 1 nitrogen and oxygen atoms in total. The molecule has 0 spiro atoms. The molecule has 0 aliphatic carbocycles. The Morgan fingerprint density at radius 3 is 2.28 bits per heavy atom. The lowest BCUT2D eigenvalue weighted by Gasteiger charge is -2.33. The molecule has 3 atom stereocenters. The summed E-state index contributed by atoms with van der Waals surface area (Å²) in [4.78, 5) is 0. The van der Waals surface area contributed by atoms with E-state index in [1.54, 1.807) is 0 Å². The van der Waals surface area contributed by atoms with Crippen molar-refractivity contribution in [1.82, 2.24) is 5.32 Å². The topological polar surface area (TPSA) is 12.0 Å². The van der Waals surface area contributed by atoms with Crippen LogP contribution in [0.3, 0.4) is 0 Å². The molecule has 1 heteroatoms. The maximum atomic E-state index is 4.17. The molecule has 0 saturated heterocycles. The fourth-order valence-corrected chi connectivity index (χ4v) is 2.61. The Hall–Kier alpha value is -1.08. The summed E-state index contributed by atoms with van der Waals surface area (Å²) in [6.07, 6.45) is 1.19.